The van der Waals surface area contributed by atoms with Gasteiger partial charge in [-0.3, -0.25) is 0 Å². The lowest BCUT2D eigenvalue weighted by Crippen LogP contribution is -2.04. The molecule has 38 heavy (non-hydrogen) atoms. The third-order valence-corrected chi connectivity index (χ3v) is 6.04. The van der Waals surface area contributed by atoms with Crippen LogP contribution in [0.3, 0.4) is 0 Å². The van der Waals surface area contributed by atoms with Crippen molar-refractivity contribution in [3.8, 4) is 0 Å². The molecule has 0 unspecified atom stereocenters. The van der Waals surface area contributed by atoms with E-state index >= 15 is 0 Å². The molecule has 0 spiro atoms. The van der Waals surface area contributed by atoms with Gasteiger partial charge < -0.3 is 0 Å². The van der Waals surface area contributed by atoms with Gasteiger partial charge >= 0.3 is 0 Å². The van der Waals surface area contributed by atoms with Crippen LogP contribution in [0.25, 0.3) is 0 Å². The third kappa shape index (κ3) is 12.4. The van der Waals surface area contributed by atoms with Gasteiger partial charge in [-0.05, 0) is 35.1 Å². The molecule has 0 nitrogen and oxygen atoms in total. The van der Waals surface area contributed by atoms with E-state index in [1.807, 2.05) is 55.4 Å². The molecule has 0 radical (unpaired) electrons. The van der Waals surface area contributed by atoms with Crippen LogP contribution in [0.5, 0.6) is 0 Å². The Balaban J connectivity index is 0.00000157. The Bertz CT molecular complexity index is 811. The normalized spacial score (nSPS) is 9.42. The Morgan fingerprint density at radius 1 is 0.316 bits per heavy atom. The van der Waals surface area contributed by atoms with E-state index < -0.39 is 0 Å². The van der Waals surface area contributed by atoms with Gasteiger partial charge in [0.1, 0.15) is 0 Å². The highest BCUT2D eigenvalue weighted by Gasteiger charge is 2.16. The van der Waals surface area contributed by atoms with Gasteiger partial charge in [-0.15, -0.1) is 0 Å². The van der Waals surface area contributed by atoms with Crippen LogP contribution < -0.4 is 0 Å². The van der Waals surface area contributed by atoms with Crippen LogP contribution in [0.2, 0.25) is 0 Å². The van der Waals surface area contributed by atoms with Crippen molar-refractivity contribution < 1.29 is 0 Å². The highest BCUT2D eigenvalue weighted by molar-refractivity contribution is 5.33. The van der Waals surface area contributed by atoms with Crippen LogP contribution in [0.4, 0.5) is 0 Å². The Labute approximate surface area is 236 Å². The first-order valence-corrected chi connectivity index (χ1v) is 15.1. The minimum Gasteiger partial charge on any atom is -0.0683 e. The van der Waals surface area contributed by atoms with Gasteiger partial charge in [0.25, 0.3) is 0 Å². The van der Waals surface area contributed by atoms with E-state index in [0.29, 0.717) is 11.8 Å². The highest BCUT2D eigenvalue weighted by Crippen LogP contribution is 2.33. The summed E-state index contributed by atoms with van der Waals surface area (Å²) in [5.41, 5.74) is 5.69. The summed E-state index contributed by atoms with van der Waals surface area (Å²) in [6.45, 7) is 16.0. The average Bonchev–Trinajstić information content (AvgIpc) is 3.04. The summed E-state index contributed by atoms with van der Waals surface area (Å²) in [5.74, 6) is 0.943. The van der Waals surface area contributed by atoms with Gasteiger partial charge in [-0.25, -0.2) is 0 Å². The van der Waals surface area contributed by atoms with Crippen molar-refractivity contribution in [1.82, 2.24) is 0 Å². The molecule has 0 saturated carbocycles. The van der Waals surface area contributed by atoms with E-state index in [0.717, 1.165) is 0 Å². The highest BCUT2D eigenvalue weighted by atomic mass is 14.2. The van der Waals surface area contributed by atoms with Crippen molar-refractivity contribution in [3.05, 3.63) is 144 Å². The number of unbranched alkanes of at least 4 members (excludes halogenated alkanes) is 1. The topological polar surface area (TPSA) is 0 Å². The van der Waals surface area contributed by atoms with E-state index in [-0.39, 0.29) is 0 Å². The van der Waals surface area contributed by atoms with E-state index in [4.69, 9.17) is 0 Å². The monoisotopic (exact) mass is 510 g/mol. The summed E-state index contributed by atoms with van der Waals surface area (Å²) >= 11 is 0. The first kappa shape index (κ1) is 34.9. The number of rotatable bonds is 9. The molecule has 0 aliphatic heterocycles. The minimum atomic E-state index is 0.472. The Hall–Kier alpha value is -3.12. The molecule has 0 aliphatic carbocycles. The average molecular weight is 511 g/mol. The van der Waals surface area contributed by atoms with E-state index in [9.17, 15) is 0 Å². The standard InChI is InChI=1S/C30H30.4C2H6/c1-5-15-25(16-6-1)29(26-17-7-2-8-18-26)23-13-14-24-30(27-19-9-3-10-20-27)28-21-11-4-12-22-28;4*1-2/h1-12,15-22,29-30H,13-14,23-24H2;4*1-2H3. The molecule has 0 heterocycles. The fourth-order valence-electron chi connectivity index (χ4n) is 4.49. The molecule has 4 rings (SSSR count). The second-order valence-corrected chi connectivity index (χ2v) is 8.03. The van der Waals surface area contributed by atoms with Crippen molar-refractivity contribution in [3.63, 3.8) is 0 Å². The zero-order valence-corrected chi connectivity index (χ0v) is 25.5. The van der Waals surface area contributed by atoms with Gasteiger partial charge in [-0.2, -0.15) is 0 Å². The molecule has 0 atom stereocenters. The lowest BCUT2D eigenvalue weighted by Gasteiger charge is -2.20. The second-order valence-electron chi connectivity index (χ2n) is 8.03. The fourth-order valence-corrected chi connectivity index (χ4v) is 4.49. The van der Waals surface area contributed by atoms with Crippen LogP contribution in [-0.4, -0.2) is 0 Å². The van der Waals surface area contributed by atoms with Gasteiger partial charge in [0.15, 0.2) is 0 Å². The Morgan fingerprint density at radius 3 is 0.684 bits per heavy atom. The van der Waals surface area contributed by atoms with Gasteiger partial charge in [0.05, 0.1) is 0 Å². The van der Waals surface area contributed by atoms with E-state index in [1.165, 1.54) is 47.9 Å². The Kier molecular flexibility index (Phi) is 22.2. The minimum absolute atomic E-state index is 0.472. The predicted molar refractivity (Wildman–Crippen MR) is 173 cm³/mol. The van der Waals surface area contributed by atoms with Crippen LogP contribution in [-0.2, 0) is 0 Å². The molecule has 0 aliphatic rings. The zero-order chi connectivity index (χ0) is 28.4. The lowest BCUT2D eigenvalue weighted by atomic mass is 9.84. The number of hydrogen-bond donors (Lipinski definition) is 0. The third-order valence-electron chi connectivity index (χ3n) is 6.04. The molecular formula is C38H54. The molecule has 206 valence electrons. The van der Waals surface area contributed by atoms with Gasteiger partial charge in [-0.1, -0.05) is 190 Å². The molecule has 0 amide bonds. The quantitative estimate of drug-likeness (QED) is 0.196. The molecule has 0 aromatic heterocycles. The smallest absolute Gasteiger partial charge is 0.00893 e. The maximum Gasteiger partial charge on any atom is 0.00893 e. The molecule has 0 heteroatoms. The Morgan fingerprint density at radius 2 is 0.500 bits per heavy atom. The van der Waals surface area contributed by atoms with Gasteiger partial charge in [0, 0.05) is 11.8 Å². The van der Waals surface area contributed by atoms with Crippen molar-refractivity contribution in [2.45, 2.75) is 92.9 Å². The largest absolute Gasteiger partial charge is 0.0683 e. The fraction of sp³-hybridized carbons (Fsp3) is 0.368. The van der Waals surface area contributed by atoms with Crippen LogP contribution in [0, 0.1) is 0 Å². The summed E-state index contributed by atoms with van der Waals surface area (Å²) in [5, 5.41) is 0. The summed E-state index contributed by atoms with van der Waals surface area (Å²) < 4.78 is 0. The van der Waals surface area contributed by atoms with E-state index in [2.05, 4.69) is 121 Å². The summed E-state index contributed by atoms with van der Waals surface area (Å²) in [7, 11) is 0. The molecule has 0 fully saturated rings. The maximum atomic E-state index is 2.27. The summed E-state index contributed by atoms with van der Waals surface area (Å²) in [6, 6.07) is 43.9. The summed E-state index contributed by atoms with van der Waals surface area (Å²) in [4.78, 5) is 0. The van der Waals surface area contributed by atoms with Crippen LogP contribution in [0.15, 0.2) is 121 Å². The predicted octanol–water partition coefficient (Wildman–Crippen LogP) is 12.3. The molecule has 0 N–H and O–H groups in total. The molecular weight excluding hydrogens is 456 g/mol. The van der Waals surface area contributed by atoms with Crippen molar-refractivity contribution in [2.24, 2.45) is 0 Å². The lowest BCUT2D eigenvalue weighted by molar-refractivity contribution is 0.575. The first-order valence-electron chi connectivity index (χ1n) is 15.1. The summed E-state index contributed by atoms with van der Waals surface area (Å²) in [6.07, 6.45) is 4.82. The van der Waals surface area contributed by atoms with Crippen molar-refractivity contribution in [1.29, 1.82) is 0 Å². The maximum absolute atomic E-state index is 2.27. The van der Waals surface area contributed by atoms with Crippen molar-refractivity contribution in [2.75, 3.05) is 0 Å². The molecule has 4 aromatic carbocycles. The SMILES string of the molecule is CC.CC.CC.CC.c1ccc(C(CCCCC(c2ccccc2)c2ccccc2)c2ccccc2)cc1. The number of benzene rings is 4. The second kappa shape index (κ2) is 24.2. The molecule has 0 bridgehead atoms. The van der Waals surface area contributed by atoms with Crippen LogP contribution >= 0.6 is 0 Å². The van der Waals surface area contributed by atoms with E-state index in [1.54, 1.807) is 0 Å². The first-order chi connectivity index (χ1) is 18.9. The zero-order valence-electron chi connectivity index (χ0n) is 25.5. The molecule has 0 saturated heterocycles. The van der Waals surface area contributed by atoms with Gasteiger partial charge in [0.2, 0.25) is 0 Å². The van der Waals surface area contributed by atoms with Crippen molar-refractivity contribution >= 4 is 0 Å². The number of hydrogen-bond acceptors (Lipinski definition) is 0. The van der Waals surface area contributed by atoms with Crippen LogP contribution in [0.1, 0.15) is 115 Å². The molecule has 4 aromatic rings.